The summed E-state index contributed by atoms with van der Waals surface area (Å²) in [5.74, 6) is 6.54. The largest absolute Gasteiger partial charge is 0.394 e. The third-order valence-electron chi connectivity index (χ3n) is 6.12. The van der Waals surface area contributed by atoms with Crippen LogP contribution in [0.4, 0.5) is 0 Å². The van der Waals surface area contributed by atoms with Gasteiger partial charge < -0.3 is 14.9 Å². The molecule has 0 radical (unpaired) electrons. The summed E-state index contributed by atoms with van der Waals surface area (Å²) in [4.78, 5) is 36.8. The smallest absolute Gasteiger partial charge is 0.274 e. The molecular formula is C23H22N4O3. The second-order valence-corrected chi connectivity index (χ2v) is 8.09. The summed E-state index contributed by atoms with van der Waals surface area (Å²) in [5, 5.41) is 9.92. The average Bonchev–Trinajstić information content (AvgIpc) is 3.59. The SMILES string of the molecule is O=C(c1cnccn1)N1CC(=O)N2[C@H](CO)[C@H](c3ccc(C#CC4CC4)cc3)[C@H]2C1. The first kappa shape index (κ1) is 18.8. The normalized spacial score (nSPS) is 25.1. The number of piperazine rings is 1. The van der Waals surface area contributed by atoms with E-state index in [0.717, 1.165) is 11.1 Å². The summed E-state index contributed by atoms with van der Waals surface area (Å²) in [6, 6.07) is 7.61. The van der Waals surface area contributed by atoms with E-state index in [1.807, 2.05) is 24.3 Å². The highest BCUT2D eigenvalue weighted by atomic mass is 16.3. The number of aliphatic hydroxyl groups excluding tert-OH is 1. The molecule has 2 amide bonds. The van der Waals surface area contributed by atoms with Crippen LogP contribution in [-0.2, 0) is 4.79 Å². The first-order valence-electron chi connectivity index (χ1n) is 10.2. The maximum Gasteiger partial charge on any atom is 0.274 e. The highest BCUT2D eigenvalue weighted by molar-refractivity contribution is 5.95. The minimum Gasteiger partial charge on any atom is -0.394 e. The molecule has 2 aliphatic heterocycles. The van der Waals surface area contributed by atoms with E-state index in [-0.39, 0.29) is 48.7 Å². The van der Waals surface area contributed by atoms with E-state index in [1.54, 1.807) is 4.90 Å². The van der Waals surface area contributed by atoms with Gasteiger partial charge in [-0.3, -0.25) is 14.6 Å². The Bertz CT molecular complexity index is 1020. The van der Waals surface area contributed by atoms with Crippen LogP contribution < -0.4 is 0 Å². The van der Waals surface area contributed by atoms with Crippen molar-refractivity contribution < 1.29 is 14.7 Å². The van der Waals surface area contributed by atoms with Crippen molar-refractivity contribution in [1.29, 1.82) is 0 Å². The van der Waals surface area contributed by atoms with Crippen molar-refractivity contribution in [2.75, 3.05) is 19.7 Å². The molecule has 0 spiro atoms. The number of carbonyl (C=O) groups is 2. The fourth-order valence-corrected chi connectivity index (χ4v) is 4.43. The highest BCUT2D eigenvalue weighted by Gasteiger charge is 2.54. The first-order chi connectivity index (χ1) is 14.7. The van der Waals surface area contributed by atoms with Gasteiger partial charge in [-0.25, -0.2) is 4.98 Å². The molecule has 1 N–H and O–H groups in total. The van der Waals surface area contributed by atoms with E-state index in [2.05, 4.69) is 21.8 Å². The van der Waals surface area contributed by atoms with Crippen molar-refractivity contribution in [1.82, 2.24) is 19.8 Å². The van der Waals surface area contributed by atoms with Gasteiger partial charge in [-0.05, 0) is 30.5 Å². The number of nitrogens with zero attached hydrogens (tertiary/aromatic N) is 4. The van der Waals surface area contributed by atoms with Crippen molar-refractivity contribution in [3.8, 4) is 11.8 Å². The Balaban J connectivity index is 1.36. The standard InChI is InChI=1S/C23H22N4O3/c28-14-20-22(17-7-5-16(6-8-17)4-3-15-1-2-15)19-12-26(13-21(29)27(19)20)23(30)18-11-24-9-10-25-18/h5-11,15,19-20,22,28H,1-2,12-14H2/t19-,20-,22-/m1/s1. The number of aliphatic hydroxyl groups is 1. The third-order valence-corrected chi connectivity index (χ3v) is 6.12. The van der Waals surface area contributed by atoms with E-state index >= 15 is 0 Å². The first-order valence-corrected chi connectivity index (χ1v) is 10.2. The molecule has 2 aromatic rings. The molecule has 5 rings (SSSR count). The Kier molecular flexibility index (Phi) is 4.72. The van der Waals surface area contributed by atoms with E-state index in [0.29, 0.717) is 12.5 Å². The molecule has 1 aromatic heterocycles. The van der Waals surface area contributed by atoms with Gasteiger partial charge in [0.15, 0.2) is 0 Å². The molecule has 3 heterocycles. The van der Waals surface area contributed by atoms with Crippen LogP contribution in [0.5, 0.6) is 0 Å². The lowest BCUT2D eigenvalue weighted by Crippen LogP contribution is -2.73. The fraction of sp³-hybridized carbons (Fsp3) is 0.391. The Morgan fingerprint density at radius 1 is 1.20 bits per heavy atom. The lowest BCUT2D eigenvalue weighted by Gasteiger charge is -2.58. The van der Waals surface area contributed by atoms with E-state index in [4.69, 9.17) is 0 Å². The number of rotatable bonds is 3. The number of benzene rings is 1. The van der Waals surface area contributed by atoms with Gasteiger partial charge in [0.1, 0.15) is 12.2 Å². The molecule has 30 heavy (non-hydrogen) atoms. The van der Waals surface area contributed by atoms with Crippen molar-refractivity contribution in [2.45, 2.75) is 30.8 Å². The van der Waals surface area contributed by atoms with Gasteiger partial charge in [-0.15, -0.1) is 0 Å². The molecule has 2 saturated heterocycles. The molecule has 7 nitrogen and oxygen atoms in total. The number of hydrogen-bond donors (Lipinski definition) is 1. The molecule has 7 heteroatoms. The molecule has 3 aliphatic rings. The van der Waals surface area contributed by atoms with Gasteiger partial charge in [0.05, 0.1) is 24.9 Å². The van der Waals surface area contributed by atoms with Gasteiger partial charge in [-0.1, -0.05) is 24.0 Å². The van der Waals surface area contributed by atoms with Crippen LogP contribution in [0.3, 0.4) is 0 Å². The van der Waals surface area contributed by atoms with E-state index in [1.165, 1.54) is 36.3 Å². The number of aromatic nitrogens is 2. The van der Waals surface area contributed by atoms with E-state index < -0.39 is 0 Å². The second-order valence-electron chi connectivity index (χ2n) is 8.09. The minimum absolute atomic E-state index is 0.00911. The molecular weight excluding hydrogens is 380 g/mol. The maximum atomic E-state index is 12.8. The molecule has 3 fully saturated rings. The van der Waals surface area contributed by atoms with Gasteiger partial charge in [-0.2, -0.15) is 0 Å². The molecule has 152 valence electrons. The quantitative estimate of drug-likeness (QED) is 0.776. The fourth-order valence-electron chi connectivity index (χ4n) is 4.43. The summed E-state index contributed by atoms with van der Waals surface area (Å²) < 4.78 is 0. The lowest BCUT2D eigenvalue weighted by atomic mass is 9.73. The van der Waals surface area contributed by atoms with Crippen molar-refractivity contribution in [3.05, 3.63) is 59.7 Å². The molecule has 0 bridgehead atoms. The topological polar surface area (TPSA) is 86.6 Å². The number of amides is 2. The number of fused-ring (bicyclic) bond motifs is 1. The van der Waals surface area contributed by atoms with Gasteiger partial charge >= 0.3 is 0 Å². The van der Waals surface area contributed by atoms with Crippen molar-refractivity contribution in [2.24, 2.45) is 5.92 Å². The molecule has 1 aromatic carbocycles. The molecule has 1 aliphatic carbocycles. The number of hydrogen-bond acceptors (Lipinski definition) is 5. The van der Waals surface area contributed by atoms with E-state index in [9.17, 15) is 14.7 Å². The summed E-state index contributed by atoms with van der Waals surface area (Å²) in [6.45, 7) is 0.296. The third kappa shape index (κ3) is 3.33. The lowest BCUT2D eigenvalue weighted by molar-refractivity contribution is -0.159. The Morgan fingerprint density at radius 2 is 2.00 bits per heavy atom. The van der Waals surface area contributed by atoms with Crippen molar-refractivity contribution in [3.63, 3.8) is 0 Å². The summed E-state index contributed by atoms with van der Waals surface area (Å²) in [7, 11) is 0. The van der Waals surface area contributed by atoms with Crippen LogP contribution >= 0.6 is 0 Å². The summed E-state index contributed by atoms with van der Waals surface area (Å²) >= 11 is 0. The van der Waals surface area contributed by atoms with Crippen LogP contribution in [0.1, 0.15) is 40.4 Å². The maximum absolute atomic E-state index is 12.8. The monoisotopic (exact) mass is 402 g/mol. The van der Waals surface area contributed by atoms with Gasteiger partial charge in [0.2, 0.25) is 5.91 Å². The zero-order valence-corrected chi connectivity index (χ0v) is 16.4. The second kappa shape index (κ2) is 7.54. The van der Waals surface area contributed by atoms with Crippen LogP contribution in [0.15, 0.2) is 42.9 Å². The van der Waals surface area contributed by atoms with Crippen molar-refractivity contribution >= 4 is 11.8 Å². The van der Waals surface area contributed by atoms with Gasteiger partial charge in [0.25, 0.3) is 5.91 Å². The Labute approximate surface area is 174 Å². The Morgan fingerprint density at radius 3 is 2.67 bits per heavy atom. The van der Waals surface area contributed by atoms with Gasteiger partial charge in [0, 0.05) is 36.3 Å². The summed E-state index contributed by atoms with van der Waals surface area (Å²) in [6.07, 6.45) is 6.77. The average molecular weight is 402 g/mol. The summed E-state index contributed by atoms with van der Waals surface area (Å²) in [5.41, 5.74) is 2.25. The zero-order valence-electron chi connectivity index (χ0n) is 16.4. The zero-order chi connectivity index (χ0) is 20.7. The highest BCUT2D eigenvalue weighted by Crippen LogP contribution is 2.43. The van der Waals surface area contributed by atoms with Crippen LogP contribution in [0.25, 0.3) is 0 Å². The molecule has 0 unspecified atom stereocenters. The Hall–Kier alpha value is -3.24. The minimum atomic E-state index is -0.298. The molecule has 1 saturated carbocycles. The predicted octanol–water partition coefficient (Wildman–Crippen LogP) is 1.05. The van der Waals surface area contributed by atoms with Crippen LogP contribution in [0, 0.1) is 17.8 Å². The molecule has 3 atom stereocenters. The van der Waals surface area contributed by atoms with Crippen LogP contribution in [-0.4, -0.2) is 68.5 Å². The van der Waals surface area contributed by atoms with Crippen LogP contribution in [0.2, 0.25) is 0 Å². The predicted molar refractivity (Wildman–Crippen MR) is 108 cm³/mol. The number of carbonyl (C=O) groups excluding carboxylic acids is 2.